The molecule has 0 radical (unpaired) electrons. The van der Waals surface area contributed by atoms with Crippen molar-refractivity contribution >= 4 is 22.8 Å². The number of fused-ring (bicyclic) bond motifs is 1. The number of hydrogen-bond donors (Lipinski definition) is 1. The molecule has 0 unspecified atom stereocenters. The molecule has 0 fully saturated rings. The van der Waals surface area contributed by atoms with Crippen molar-refractivity contribution in [2.45, 2.75) is 38.0 Å². The fraction of sp³-hybridized carbons (Fsp3) is 0.318. The van der Waals surface area contributed by atoms with Crippen molar-refractivity contribution in [2.24, 2.45) is 4.99 Å². The monoisotopic (exact) mass is 435 g/mol. The zero-order chi connectivity index (χ0) is 22.8. The first-order valence-corrected chi connectivity index (χ1v) is 9.45. The smallest absolute Gasteiger partial charge is 0.422 e. The third-order valence-corrected chi connectivity index (χ3v) is 4.98. The van der Waals surface area contributed by atoms with Gasteiger partial charge in [0.15, 0.2) is 17.2 Å². The van der Waals surface area contributed by atoms with Crippen molar-refractivity contribution in [3.8, 4) is 5.75 Å². The molecule has 31 heavy (non-hydrogen) atoms. The molecule has 9 heteroatoms. The second-order valence-electron chi connectivity index (χ2n) is 7.27. The average molecular weight is 435 g/mol. The molecule has 0 saturated heterocycles. The standard InChI is InChI=1S/C22H21F4N3O2/c1-13(15-6-4-7-17(23)20(15)31-3)10-21(30,22(24,25)26)12-28-18-8-5-9-19-16(18)11-27-14(2)29-19/h4-9,11-13,30H,10H2,1-3H3/t13-,21-/m1/s1. The lowest BCUT2D eigenvalue weighted by Crippen LogP contribution is -2.47. The van der Waals surface area contributed by atoms with Crippen molar-refractivity contribution in [3.05, 3.63) is 59.8 Å². The molecule has 0 saturated carbocycles. The minimum absolute atomic E-state index is 0.155. The summed E-state index contributed by atoms with van der Waals surface area (Å²) in [6.45, 7) is 3.15. The lowest BCUT2D eigenvalue weighted by atomic mass is 9.86. The van der Waals surface area contributed by atoms with Gasteiger partial charge in [0.2, 0.25) is 0 Å². The van der Waals surface area contributed by atoms with Gasteiger partial charge in [-0.1, -0.05) is 25.1 Å². The van der Waals surface area contributed by atoms with Gasteiger partial charge in [0, 0.05) is 23.4 Å². The van der Waals surface area contributed by atoms with E-state index in [4.69, 9.17) is 4.74 Å². The highest BCUT2D eigenvalue weighted by atomic mass is 19.4. The summed E-state index contributed by atoms with van der Waals surface area (Å²) in [6, 6.07) is 8.79. The van der Waals surface area contributed by atoms with Gasteiger partial charge in [-0.3, -0.25) is 4.99 Å². The summed E-state index contributed by atoms with van der Waals surface area (Å²) in [6.07, 6.45) is -3.84. The Bertz CT molecular complexity index is 1120. The van der Waals surface area contributed by atoms with Crippen LogP contribution in [0.3, 0.4) is 0 Å². The highest BCUT2D eigenvalue weighted by molar-refractivity contribution is 5.91. The predicted octanol–water partition coefficient (Wildman–Crippen LogP) is 5.28. The van der Waals surface area contributed by atoms with Gasteiger partial charge in [-0.2, -0.15) is 13.2 Å². The van der Waals surface area contributed by atoms with Crippen LogP contribution in [-0.2, 0) is 0 Å². The molecule has 2 aromatic carbocycles. The topological polar surface area (TPSA) is 67.6 Å². The van der Waals surface area contributed by atoms with Crippen molar-refractivity contribution in [1.29, 1.82) is 0 Å². The van der Waals surface area contributed by atoms with Crippen LogP contribution in [0.4, 0.5) is 23.2 Å². The summed E-state index contributed by atoms with van der Waals surface area (Å²) in [5.41, 5.74) is -2.32. The molecule has 164 valence electrons. The molecular formula is C22H21F4N3O2. The Morgan fingerprint density at radius 3 is 2.58 bits per heavy atom. The summed E-state index contributed by atoms with van der Waals surface area (Å²) >= 11 is 0. The van der Waals surface area contributed by atoms with E-state index in [2.05, 4.69) is 15.0 Å². The van der Waals surface area contributed by atoms with E-state index in [0.29, 0.717) is 22.9 Å². The number of aromatic nitrogens is 2. The van der Waals surface area contributed by atoms with E-state index < -0.39 is 29.9 Å². The van der Waals surface area contributed by atoms with Crippen molar-refractivity contribution in [1.82, 2.24) is 9.97 Å². The number of halogens is 4. The van der Waals surface area contributed by atoms with Gasteiger partial charge in [0.1, 0.15) is 5.82 Å². The zero-order valence-electron chi connectivity index (χ0n) is 17.1. The van der Waals surface area contributed by atoms with E-state index in [0.717, 1.165) is 6.07 Å². The number of para-hydroxylation sites is 1. The van der Waals surface area contributed by atoms with E-state index >= 15 is 0 Å². The summed E-state index contributed by atoms with van der Waals surface area (Å²) in [5.74, 6) is -1.22. The third kappa shape index (κ3) is 4.66. The molecule has 1 N–H and O–H groups in total. The maximum absolute atomic E-state index is 14.0. The number of benzene rings is 2. The molecular weight excluding hydrogens is 414 g/mol. The number of methoxy groups -OCH3 is 1. The largest absolute Gasteiger partial charge is 0.493 e. The van der Waals surface area contributed by atoms with E-state index in [9.17, 15) is 22.7 Å². The van der Waals surface area contributed by atoms with Crippen LogP contribution in [0, 0.1) is 12.7 Å². The van der Waals surface area contributed by atoms with Crippen LogP contribution < -0.4 is 4.74 Å². The van der Waals surface area contributed by atoms with Crippen molar-refractivity contribution < 1.29 is 27.4 Å². The summed E-state index contributed by atoms with van der Waals surface area (Å²) in [4.78, 5) is 12.2. The SMILES string of the molecule is COc1c(F)cccc1[C@H](C)C[C@@](O)(C=Nc1cccc2nc(C)ncc12)C(F)(F)F. The molecule has 1 aromatic heterocycles. The Labute approximate surface area is 176 Å². The fourth-order valence-electron chi connectivity index (χ4n) is 3.37. The number of ether oxygens (including phenoxy) is 1. The highest BCUT2D eigenvalue weighted by Gasteiger charge is 2.53. The van der Waals surface area contributed by atoms with Crippen LogP contribution in [-0.4, -0.2) is 40.2 Å². The Morgan fingerprint density at radius 2 is 1.90 bits per heavy atom. The molecule has 5 nitrogen and oxygen atoms in total. The average Bonchev–Trinajstić information content (AvgIpc) is 2.70. The quantitative estimate of drug-likeness (QED) is 0.423. The molecule has 0 aliphatic carbocycles. The minimum Gasteiger partial charge on any atom is -0.493 e. The Balaban J connectivity index is 1.98. The first-order valence-electron chi connectivity index (χ1n) is 9.45. The van der Waals surface area contributed by atoms with E-state index in [1.807, 2.05) is 0 Å². The number of aliphatic hydroxyl groups is 1. The molecule has 0 bridgehead atoms. The summed E-state index contributed by atoms with van der Waals surface area (Å²) in [7, 11) is 1.23. The van der Waals surface area contributed by atoms with Crippen LogP contribution in [0.2, 0.25) is 0 Å². The molecule has 3 rings (SSSR count). The maximum Gasteiger partial charge on any atom is 0.422 e. The second-order valence-corrected chi connectivity index (χ2v) is 7.27. The Kier molecular flexibility index (Phi) is 6.26. The maximum atomic E-state index is 14.0. The number of alkyl halides is 3. The van der Waals surface area contributed by atoms with E-state index in [1.54, 1.807) is 19.1 Å². The van der Waals surface area contributed by atoms with Crippen molar-refractivity contribution in [2.75, 3.05) is 7.11 Å². The third-order valence-electron chi connectivity index (χ3n) is 4.98. The number of nitrogens with zero attached hydrogens (tertiary/aromatic N) is 3. The fourth-order valence-corrected chi connectivity index (χ4v) is 3.37. The Hall–Kier alpha value is -3.07. The van der Waals surface area contributed by atoms with E-state index in [-0.39, 0.29) is 17.0 Å². The Morgan fingerprint density at radius 1 is 1.19 bits per heavy atom. The number of aliphatic imine (C=N–C) groups is 1. The van der Waals surface area contributed by atoms with Gasteiger partial charge in [0.05, 0.1) is 18.3 Å². The predicted molar refractivity (Wildman–Crippen MR) is 109 cm³/mol. The van der Waals surface area contributed by atoms with Gasteiger partial charge >= 0.3 is 6.18 Å². The lowest BCUT2D eigenvalue weighted by molar-refractivity contribution is -0.231. The van der Waals surface area contributed by atoms with E-state index in [1.165, 1.54) is 38.4 Å². The number of hydrogen-bond acceptors (Lipinski definition) is 5. The van der Waals surface area contributed by atoms with Gasteiger partial charge in [-0.25, -0.2) is 14.4 Å². The number of rotatable bonds is 6. The van der Waals surface area contributed by atoms with Gasteiger partial charge in [-0.15, -0.1) is 0 Å². The summed E-state index contributed by atoms with van der Waals surface area (Å²) < 4.78 is 60.5. The van der Waals surface area contributed by atoms with Gasteiger partial charge < -0.3 is 9.84 Å². The van der Waals surface area contributed by atoms with Crippen LogP contribution in [0.5, 0.6) is 5.75 Å². The first-order chi connectivity index (χ1) is 14.6. The molecule has 0 spiro atoms. The molecule has 0 aliphatic rings. The normalized spacial score (nSPS) is 15.2. The molecule has 2 atom stereocenters. The zero-order valence-corrected chi connectivity index (χ0v) is 17.1. The molecule has 0 amide bonds. The van der Waals surface area contributed by atoms with Crippen LogP contribution in [0.1, 0.15) is 30.7 Å². The number of aryl methyl sites for hydroxylation is 1. The minimum atomic E-state index is -5.01. The van der Waals surface area contributed by atoms with Crippen molar-refractivity contribution in [3.63, 3.8) is 0 Å². The molecule has 1 heterocycles. The molecule has 3 aromatic rings. The van der Waals surface area contributed by atoms with Crippen LogP contribution >= 0.6 is 0 Å². The lowest BCUT2D eigenvalue weighted by Gasteiger charge is -2.30. The second kappa shape index (κ2) is 8.58. The first kappa shape index (κ1) is 22.6. The molecule has 0 aliphatic heterocycles. The van der Waals surface area contributed by atoms with Gasteiger partial charge in [0.25, 0.3) is 0 Å². The van der Waals surface area contributed by atoms with Crippen LogP contribution in [0.25, 0.3) is 10.9 Å². The highest BCUT2D eigenvalue weighted by Crippen LogP contribution is 2.40. The van der Waals surface area contributed by atoms with Gasteiger partial charge in [-0.05, 0) is 37.5 Å². The summed E-state index contributed by atoms with van der Waals surface area (Å²) in [5, 5.41) is 11.0. The van der Waals surface area contributed by atoms with Crippen LogP contribution in [0.15, 0.2) is 47.6 Å².